The molecule has 0 spiro atoms. The van der Waals surface area contributed by atoms with E-state index in [0.29, 0.717) is 25.7 Å². The molecule has 32 heavy (non-hydrogen) atoms. The Kier molecular flexibility index (Phi) is 8.98. The summed E-state index contributed by atoms with van der Waals surface area (Å²) in [5.41, 5.74) is 1.94. The van der Waals surface area contributed by atoms with Gasteiger partial charge in [-0.05, 0) is 36.8 Å². The molecule has 10 nitrogen and oxygen atoms in total. The first-order valence-electron chi connectivity index (χ1n) is 11.0. The third-order valence-electron chi connectivity index (χ3n) is 6.44. The van der Waals surface area contributed by atoms with Crippen LogP contribution in [0.5, 0.6) is 0 Å². The number of aliphatic hydroxyl groups is 8. The van der Waals surface area contributed by atoms with Crippen LogP contribution in [-0.4, -0.2) is 115 Å². The number of aryl methyl sites for hydroxylation is 2. The molecule has 3 rings (SSSR count). The van der Waals surface area contributed by atoms with Crippen molar-refractivity contribution in [2.24, 2.45) is 0 Å². The van der Waals surface area contributed by atoms with Crippen LogP contribution in [-0.2, 0) is 22.3 Å². The molecule has 1 unspecified atom stereocenters. The Balaban J connectivity index is 1.50. The molecular weight excluding hydrogens is 424 g/mol. The van der Waals surface area contributed by atoms with Gasteiger partial charge in [0.1, 0.15) is 48.8 Å². The topological polar surface area (TPSA) is 180 Å². The molecule has 0 amide bonds. The van der Waals surface area contributed by atoms with Crippen LogP contribution in [0.25, 0.3) is 0 Å². The van der Waals surface area contributed by atoms with Crippen molar-refractivity contribution in [2.75, 3.05) is 13.2 Å². The summed E-state index contributed by atoms with van der Waals surface area (Å²) >= 11 is 0. The van der Waals surface area contributed by atoms with Gasteiger partial charge in [-0.1, -0.05) is 24.3 Å². The van der Waals surface area contributed by atoms with Gasteiger partial charge in [0, 0.05) is 0 Å². The lowest BCUT2D eigenvalue weighted by molar-refractivity contribution is -0.230. The number of rotatable bonds is 8. The zero-order chi connectivity index (χ0) is 23.4. The molecule has 0 aromatic heterocycles. The Bertz CT molecular complexity index is 637. The Morgan fingerprint density at radius 3 is 1.12 bits per heavy atom. The molecule has 2 saturated heterocycles. The third kappa shape index (κ3) is 5.65. The molecule has 1 aromatic rings. The minimum Gasteiger partial charge on any atom is -0.394 e. The normalized spacial score (nSPS) is 40.4. The number of ether oxygens (including phenoxy) is 2. The first-order chi connectivity index (χ1) is 15.3. The van der Waals surface area contributed by atoms with Gasteiger partial charge in [0.05, 0.1) is 25.4 Å². The van der Waals surface area contributed by atoms with Crippen molar-refractivity contribution in [1.82, 2.24) is 0 Å². The maximum atomic E-state index is 10.1. The fourth-order valence-corrected chi connectivity index (χ4v) is 4.32. The quantitative estimate of drug-likeness (QED) is 0.203. The lowest BCUT2D eigenvalue weighted by atomic mass is 9.91. The Morgan fingerprint density at radius 2 is 0.812 bits per heavy atom. The smallest absolute Gasteiger partial charge is 0.111 e. The van der Waals surface area contributed by atoms with Gasteiger partial charge in [0.15, 0.2) is 0 Å². The van der Waals surface area contributed by atoms with Crippen LogP contribution in [0.3, 0.4) is 0 Å². The average molecular weight is 459 g/mol. The molecule has 0 radical (unpaired) electrons. The van der Waals surface area contributed by atoms with Gasteiger partial charge in [0.2, 0.25) is 0 Å². The molecule has 2 heterocycles. The predicted molar refractivity (Wildman–Crippen MR) is 111 cm³/mol. The zero-order valence-corrected chi connectivity index (χ0v) is 17.7. The van der Waals surface area contributed by atoms with E-state index in [9.17, 15) is 40.9 Å². The average Bonchev–Trinajstić information content (AvgIpc) is 2.81. The molecule has 10 heteroatoms. The van der Waals surface area contributed by atoms with E-state index in [1.165, 1.54) is 0 Å². The number of hydrogen-bond donors (Lipinski definition) is 8. The van der Waals surface area contributed by atoms with Crippen molar-refractivity contribution in [2.45, 2.75) is 86.7 Å². The molecule has 2 fully saturated rings. The van der Waals surface area contributed by atoms with Crippen LogP contribution < -0.4 is 0 Å². The van der Waals surface area contributed by atoms with Gasteiger partial charge in [-0.3, -0.25) is 0 Å². The number of aliphatic hydroxyl groups excluding tert-OH is 8. The monoisotopic (exact) mass is 458 g/mol. The summed E-state index contributed by atoms with van der Waals surface area (Å²) in [5, 5.41) is 78.3. The molecule has 0 bridgehead atoms. The molecule has 182 valence electrons. The third-order valence-corrected chi connectivity index (χ3v) is 6.44. The fraction of sp³-hybridized carbons (Fsp3) is 0.727. The van der Waals surface area contributed by atoms with Gasteiger partial charge in [-0.25, -0.2) is 0 Å². The van der Waals surface area contributed by atoms with Crippen LogP contribution in [0.15, 0.2) is 24.3 Å². The molecular formula is C22H34O10. The minimum absolute atomic E-state index is 0.395. The van der Waals surface area contributed by atoms with Crippen molar-refractivity contribution in [3.05, 3.63) is 35.4 Å². The molecule has 8 N–H and O–H groups in total. The fourth-order valence-electron chi connectivity index (χ4n) is 4.32. The Labute approximate surface area is 186 Å². The molecule has 10 atom stereocenters. The maximum absolute atomic E-state index is 10.1. The first kappa shape index (κ1) is 25.4. The van der Waals surface area contributed by atoms with E-state index >= 15 is 0 Å². The Hall–Kier alpha value is -1.18. The second-order valence-corrected chi connectivity index (χ2v) is 8.63. The zero-order valence-electron chi connectivity index (χ0n) is 17.7. The van der Waals surface area contributed by atoms with Crippen molar-refractivity contribution >= 4 is 0 Å². The Morgan fingerprint density at radius 1 is 0.500 bits per heavy atom. The van der Waals surface area contributed by atoms with E-state index in [1.54, 1.807) is 0 Å². The standard InChI is InChI=1S/C22H34O10/c23-9-15-19(27)21(29)17(25)13(31-15)7-5-11-1-2-12(4-3-11)6-8-14-18(26)22(30)20(28)16(10-24)32-14/h1-4,13-30H,5-10H2/t13-,14-,15-,16-,17-,18-,19-,20-,21-,22?/m1/s1. The number of hydrogen-bond acceptors (Lipinski definition) is 10. The molecule has 0 saturated carbocycles. The largest absolute Gasteiger partial charge is 0.394 e. The second-order valence-electron chi connectivity index (χ2n) is 8.63. The van der Waals surface area contributed by atoms with Crippen molar-refractivity contribution in [3.8, 4) is 0 Å². The van der Waals surface area contributed by atoms with Crippen molar-refractivity contribution in [1.29, 1.82) is 0 Å². The first-order valence-corrected chi connectivity index (χ1v) is 11.0. The van der Waals surface area contributed by atoms with Gasteiger partial charge in [0.25, 0.3) is 0 Å². The molecule has 1 aromatic carbocycles. The molecule has 0 aliphatic carbocycles. The highest BCUT2D eigenvalue weighted by Gasteiger charge is 2.44. The lowest BCUT2D eigenvalue weighted by Gasteiger charge is -2.40. The lowest BCUT2D eigenvalue weighted by Crippen LogP contribution is -2.58. The summed E-state index contributed by atoms with van der Waals surface area (Å²) < 4.78 is 11.0. The summed E-state index contributed by atoms with van der Waals surface area (Å²) in [7, 11) is 0. The maximum Gasteiger partial charge on any atom is 0.111 e. The van der Waals surface area contributed by atoms with E-state index in [2.05, 4.69) is 0 Å². The van der Waals surface area contributed by atoms with Crippen LogP contribution in [0.4, 0.5) is 0 Å². The van der Waals surface area contributed by atoms with E-state index in [-0.39, 0.29) is 0 Å². The second kappa shape index (κ2) is 11.3. The van der Waals surface area contributed by atoms with Crippen molar-refractivity contribution in [3.63, 3.8) is 0 Å². The molecule has 2 aliphatic rings. The van der Waals surface area contributed by atoms with Gasteiger partial charge in [-0.15, -0.1) is 0 Å². The van der Waals surface area contributed by atoms with Crippen LogP contribution in [0, 0.1) is 0 Å². The summed E-state index contributed by atoms with van der Waals surface area (Å²) in [6.07, 6.45) is -9.34. The van der Waals surface area contributed by atoms with E-state index < -0.39 is 74.3 Å². The van der Waals surface area contributed by atoms with E-state index in [0.717, 1.165) is 11.1 Å². The van der Waals surface area contributed by atoms with Crippen LogP contribution in [0.2, 0.25) is 0 Å². The van der Waals surface area contributed by atoms with Crippen molar-refractivity contribution < 1.29 is 50.3 Å². The SMILES string of the molecule is OC[C@H]1O[C@H](CCc2ccc(CC[C@H]3O[C@H](CO)[C@@H](O)C(O)[C@@H]3O)cc2)[C@@H](O)[C@@H](O)[C@@H]1O. The minimum atomic E-state index is -1.38. The highest BCUT2D eigenvalue weighted by atomic mass is 16.5. The van der Waals surface area contributed by atoms with E-state index in [4.69, 9.17) is 9.47 Å². The number of benzene rings is 1. The van der Waals surface area contributed by atoms with Crippen LogP contribution in [0.1, 0.15) is 24.0 Å². The van der Waals surface area contributed by atoms with Gasteiger partial charge < -0.3 is 50.3 Å². The summed E-state index contributed by atoms with van der Waals surface area (Å²) in [6, 6.07) is 7.64. The van der Waals surface area contributed by atoms with Crippen LogP contribution >= 0.6 is 0 Å². The molecule has 2 aliphatic heterocycles. The summed E-state index contributed by atoms with van der Waals surface area (Å²) in [6.45, 7) is -0.908. The summed E-state index contributed by atoms with van der Waals surface area (Å²) in [4.78, 5) is 0. The van der Waals surface area contributed by atoms with Gasteiger partial charge in [-0.2, -0.15) is 0 Å². The van der Waals surface area contributed by atoms with Gasteiger partial charge >= 0.3 is 0 Å². The highest BCUT2D eigenvalue weighted by molar-refractivity contribution is 5.23. The highest BCUT2D eigenvalue weighted by Crippen LogP contribution is 2.26. The predicted octanol–water partition coefficient (Wildman–Crippen LogP) is -2.76. The summed E-state index contributed by atoms with van der Waals surface area (Å²) in [5.74, 6) is 0. The van der Waals surface area contributed by atoms with E-state index in [1.807, 2.05) is 24.3 Å².